The molecule has 0 spiro atoms. The van der Waals surface area contributed by atoms with Gasteiger partial charge in [-0.2, -0.15) is 0 Å². The van der Waals surface area contributed by atoms with Crippen LogP contribution in [0.1, 0.15) is 11.7 Å². The van der Waals surface area contributed by atoms with Gasteiger partial charge >= 0.3 is 5.97 Å². The number of hydrogen-bond donors (Lipinski definition) is 0. The lowest BCUT2D eigenvalue weighted by molar-refractivity contribution is -0.325. The van der Waals surface area contributed by atoms with Crippen molar-refractivity contribution in [3.05, 3.63) is 61.2 Å². The van der Waals surface area contributed by atoms with E-state index in [1.807, 2.05) is 30.3 Å². The van der Waals surface area contributed by atoms with Crippen LogP contribution in [0.2, 0.25) is 0 Å². The lowest BCUT2D eigenvalue weighted by Gasteiger charge is -2.16. The average molecular weight is 248 g/mol. The fraction of sp³-hybridized carbons (Fsp3) is 0.214. The highest BCUT2D eigenvalue weighted by atomic mass is 17.2. The average Bonchev–Trinajstić information content (AvgIpc) is 2.43. The summed E-state index contributed by atoms with van der Waals surface area (Å²) in [6.07, 6.45) is 2.19. The molecular weight excluding hydrogens is 232 g/mol. The van der Waals surface area contributed by atoms with Gasteiger partial charge in [-0.05, 0) is 5.56 Å². The highest BCUT2D eigenvalue weighted by Gasteiger charge is 2.15. The van der Waals surface area contributed by atoms with E-state index in [9.17, 15) is 4.79 Å². The minimum atomic E-state index is -0.497. The summed E-state index contributed by atoms with van der Waals surface area (Å²) in [6.45, 7) is 7.17. The summed E-state index contributed by atoms with van der Waals surface area (Å²) in [7, 11) is 0. The zero-order valence-corrected chi connectivity index (χ0v) is 10.1. The Morgan fingerprint density at radius 3 is 2.61 bits per heavy atom. The second-order valence-corrected chi connectivity index (χ2v) is 3.40. The second kappa shape index (κ2) is 8.22. The molecule has 0 fully saturated rings. The first-order valence-electron chi connectivity index (χ1n) is 5.51. The third kappa shape index (κ3) is 4.95. The molecule has 96 valence electrons. The molecule has 1 aromatic rings. The molecule has 0 heterocycles. The van der Waals surface area contributed by atoms with Crippen molar-refractivity contribution in [2.45, 2.75) is 6.10 Å². The van der Waals surface area contributed by atoms with Gasteiger partial charge < -0.3 is 4.74 Å². The molecule has 0 N–H and O–H groups in total. The van der Waals surface area contributed by atoms with Crippen molar-refractivity contribution in [3.63, 3.8) is 0 Å². The molecule has 4 heteroatoms. The van der Waals surface area contributed by atoms with E-state index in [2.05, 4.69) is 13.2 Å². The Labute approximate surface area is 106 Å². The quantitative estimate of drug-likeness (QED) is 0.177. The van der Waals surface area contributed by atoms with Crippen LogP contribution in [0.5, 0.6) is 0 Å². The van der Waals surface area contributed by atoms with Crippen LogP contribution in [0.4, 0.5) is 0 Å². The third-order valence-corrected chi connectivity index (χ3v) is 2.09. The largest absolute Gasteiger partial charge is 0.459 e. The molecule has 4 nitrogen and oxygen atoms in total. The number of esters is 1. The Bertz CT molecular complexity index is 386. The van der Waals surface area contributed by atoms with Crippen molar-refractivity contribution in [1.29, 1.82) is 0 Å². The van der Waals surface area contributed by atoms with Crippen LogP contribution < -0.4 is 0 Å². The summed E-state index contributed by atoms with van der Waals surface area (Å²) in [5, 5.41) is 0. The summed E-state index contributed by atoms with van der Waals surface area (Å²) in [5.41, 5.74) is 0.860. The molecule has 1 rings (SSSR count). The number of ether oxygens (including phenoxy) is 1. The summed E-state index contributed by atoms with van der Waals surface area (Å²) in [4.78, 5) is 21.1. The monoisotopic (exact) mass is 248 g/mol. The van der Waals surface area contributed by atoms with Gasteiger partial charge in [0.15, 0.2) is 6.10 Å². The number of benzene rings is 1. The Kier molecular flexibility index (Phi) is 6.46. The van der Waals surface area contributed by atoms with Crippen molar-refractivity contribution in [2.75, 3.05) is 13.2 Å². The van der Waals surface area contributed by atoms with Gasteiger partial charge in [-0.25, -0.2) is 14.6 Å². The molecule has 0 bridgehead atoms. The van der Waals surface area contributed by atoms with Crippen molar-refractivity contribution >= 4 is 5.97 Å². The van der Waals surface area contributed by atoms with Gasteiger partial charge in [0.2, 0.25) is 0 Å². The molecule has 0 saturated heterocycles. The maximum Gasteiger partial charge on any atom is 0.330 e. The zero-order chi connectivity index (χ0) is 13.2. The van der Waals surface area contributed by atoms with E-state index in [-0.39, 0.29) is 13.2 Å². The van der Waals surface area contributed by atoms with Crippen LogP contribution in [0.25, 0.3) is 0 Å². The van der Waals surface area contributed by atoms with E-state index in [0.29, 0.717) is 0 Å². The van der Waals surface area contributed by atoms with Crippen LogP contribution in [0, 0.1) is 0 Å². The van der Waals surface area contributed by atoms with Crippen molar-refractivity contribution in [1.82, 2.24) is 0 Å². The fourth-order valence-electron chi connectivity index (χ4n) is 1.23. The Morgan fingerprint density at radius 1 is 1.28 bits per heavy atom. The van der Waals surface area contributed by atoms with Gasteiger partial charge in [-0.15, -0.1) is 6.58 Å². The molecule has 0 aliphatic carbocycles. The molecule has 0 radical (unpaired) electrons. The van der Waals surface area contributed by atoms with E-state index in [4.69, 9.17) is 14.5 Å². The van der Waals surface area contributed by atoms with E-state index >= 15 is 0 Å². The molecule has 1 aromatic carbocycles. The first-order valence-corrected chi connectivity index (χ1v) is 5.51. The van der Waals surface area contributed by atoms with Gasteiger partial charge in [0.05, 0.1) is 0 Å². The molecule has 1 unspecified atom stereocenters. The minimum absolute atomic E-state index is 0.0615. The zero-order valence-electron chi connectivity index (χ0n) is 10.1. The molecular formula is C14H16O4. The molecule has 18 heavy (non-hydrogen) atoms. The maximum atomic E-state index is 11.0. The number of carbonyl (C=O) groups is 1. The Hall–Kier alpha value is -1.91. The molecule has 0 saturated carbocycles. The van der Waals surface area contributed by atoms with Gasteiger partial charge in [-0.3, -0.25) is 0 Å². The van der Waals surface area contributed by atoms with Gasteiger partial charge in [0.25, 0.3) is 0 Å². The Balaban J connectivity index is 2.59. The van der Waals surface area contributed by atoms with Crippen LogP contribution in [-0.4, -0.2) is 19.2 Å². The van der Waals surface area contributed by atoms with E-state index in [0.717, 1.165) is 11.6 Å². The van der Waals surface area contributed by atoms with Crippen LogP contribution in [0.15, 0.2) is 55.6 Å². The van der Waals surface area contributed by atoms with Crippen LogP contribution in [-0.2, 0) is 19.3 Å². The molecule has 0 aliphatic heterocycles. The lowest BCUT2D eigenvalue weighted by atomic mass is 10.1. The third-order valence-electron chi connectivity index (χ3n) is 2.09. The van der Waals surface area contributed by atoms with Crippen LogP contribution >= 0.6 is 0 Å². The minimum Gasteiger partial charge on any atom is -0.459 e. The molecule has 0 aromatic heterocycles. The van der Waals surface area contributed by atoms with E-state index in [1.165, 1.54) is 0 Å². The topological polar surface area (TPSA) is 44.8 Å². The van der Waals surface area contributed by atoms with Crippen molar-refractivity contribution in [3.8, 4) is 0 Å². The van der Waals surface area contributed by atoms with Crippen molar-refractivity contribution in [2.24, 2.45) is 0 Å². The summed E-state index contributed by atoms with van der Waals surface area (Å²) < 4.78 is 4.95. The SMILES string of the molecule is C=CCOOC(COC(=O)C=C)c1ccccc1. The predicted octanol–water partition coefficient (Wildman–Crippen LogP) is 2.59. The smallest absolute Gasteiger partial charge is 0.330 e. The van der Waals surface area contributed by atoms with E-state index < -0.39 is 12.1 Å². The molecule has 1 atom stereocenters. The first kappa shape index (κ1) is 14.2. The predicted molar refractivity (Wildman–Crippen MR) is 67.6 cm³/mol. The highest BCUT2D eigenvalue weighted by molar-refractivity contribution is 5.81. The summed E-state index contributed by atoms with van der Waals surface area (Å²) in [5.74, 6) is -0.497. The second-order valence-electron chi connectivity index (χ2n) is 3.40. The van der Waals surface area contributed by atoms with Gasteiger partial charge in [0, 0.05) is 6.08 Å². The standard InChI is InChI=1S/C14H16O4/c1-3-10-17-18-13(11-16-14(15)4-2)12-8-6-5-7-9-12/h3-9,13H,1-2,10-11H2. The van der Waals surface area contributed by atoms with E-state index in [1.54, 1.807) is 6.08 Å². The van der Waals surface area contributed by atoms with Crippen LogP contribution in [0.3, 0.4) is 0 Å². The van der Waals surface area contributed by atoms with Gasteiger partial charge in [-0.1, -0.05) is 43.0 Å². The number of hydrogen-bond acceptors (Lipinski definition) is 4. The summed E-state index contributed by atoms with van der Waals surface area (Å²) in [6, 6.07) is 9.36. The van der Waals surface area contributed by atoms with Crippen molar-refractivity contribution < 1.29 is 19.3 Å². The highest BCUT2D eigenvalue weighted by Crippen LogP contribution is 2.18. The van der Waals surface area contributed by atoms with Gasteiger partial charge in [0.1, 0.15) is 13.2 Å². The first-order chi connectivity index (χ1) is 8.77. The maximum absolute atomic E-state index is 11.0. The Morgan fingerprint density at radius 2 is 2.00 bits per heavy atom. The fourth-order valence-corrected chi connectivity index (χ4v) is 1.23. The normalized spacial score (nSPS) is 11.6. The number of rotatable bonds is 8. The lowest BCUT2D eigenvalue weighted by Crippen LogP contribution is -2.15. The number of carbonyl (C=O) groups excluding carboxylic acids is 1. The molecule has 0 aliphatic rings. The molecule has 0 amide bonds. The summed E-state index contributed by atoms with van der Waals surface area (Å²) >= 11 is 0.